The highest BCUT2D eigenvalue weighted by Gasteiger charge is 2.30. The molecule has 0 aliphatic carbocycles. The van der Waals surface area contributed by atoms with Gasteiger partial charge in [0.2, 0.25) is 15.9 Å². The summed E-state index contributed by atoms with van der Waals surface area (Å²) in [6.07, 6.45) is 0. The summed E-state index contributed by atoms with van der Waals surface area (Å²) in [7, 11) is -2.72. The van der Waals surface area contributed by atoms with Crippen LogP contribution in [-0.4, -0.2) is 32.3 Å². The van der Waals surface area contributed by atoms with E-state index in [-0.39, 0.29) is 34.8 Å². The number of hydrogen-bond acceptors (Lipinski definition) is 4. The third-order valence-electron chi connectivity index (χ3n) is 5.01. The molecule has 174 valence electrons. The molecule has 1 atom stereocenters. The van der Waals surface area contributed by atoms with Crippen molar-refractivity contribution >= 4 is 43.5 Å². The molecule has 0 heterocycles. The van der Waals surface area contributed by atoms with Crippen LogP contribution in [0.1, 0.15) is 24.1 Å². The van der Waals surface area contributed by atoms with Crippen molar-refractivity contribution in [2.75, 3.05) is 13.7 Å². The smallest absolute Gasteiger partial charge is 0.247 e. The molecule has 0 aliphatic heterocycles. The van der Waals surface area contributed by atoms with Crippen LogP contribution in [0.4, 0.5) is 0 Å². The lowest BCUT2D eigenvalue weighted by atomic mass is 10.1. The number of rotatable bonds is 9. The molecule has 9 heteroatoms. The predicted octanol–water partition coefficient (Wildman–Crippen LogP) is 5.18. The van der Waals surface area contributed by atoms with E-state index in [0.29, 0.717) is 0 Å². The number of carbonyl (C=O) groups excluding carboxylic acids is 1. The summed E-state index contributed by atoms with van der Waals surface area (Å²) < 4.78 is 34.5. The van der Waals surface area contributed by atoms with Gasteiger partial charge in [-0.05, 0) is 48.4 Å². The van der Waals surface area contributed by atoms with Gasteiger partial charge in [0.1, 0.15) is 10.6 Å². The van der Waals surface area contributed by atoms with Crippen molar-refractivity contribution < 1.29 is 17.9 Å². The van der Waals surface area contributed by atoms with Crippen LogP contribution in [0.25, 0.3) is 0 Å². The van der Waals surface area contributed by atoms with Gasteiger partial charge in [-0.25, -0.2) is 8.42 Å². The van der Waals surface area contributed by atoms with E-state index in [9.17, 15) is 13.2 Å². The maximum absolute atomic E-state index is 13.6. The Morgan fingerprint density at radius 3 is 2.39 bits per heavy atom. The maximum atomic E-state index is 13.6. The highest BCUT2D eigenvalue weighted by Crippen LogP contribution is 2.30. The number of methoxy groups -OCH3 is 1. The van der Waals surface area contributed by atoms with Crippen LogP contribution in [0, 0.1) is 0 Å². The monoisotopic (exact) mass is 550 g/mol. The van der Waals surface area contributed by atoms with E-state index >= 15 is 0 Å². The van der Waals surface area contributed by atoms with E-state index in [0.717, 1.165) is 19.9 Å². The van der Waals surface area contributed by atoms with Gasteiger partial charge in [-0.1, -0.05) is 70.0 Å². The van der Waals surface area contributed by atoms with Crippen molar-refractivity contribution in [3.63, 3.8) is 0 Å². The molecule has 0 saturated carbocycles. The van der Waals surface area contributed by atoms with Gasteiger partial charge in [-0.3, -0.25) is 4.79 Å². The number of sulfonamides is 1. The summed E-state index contributed by atoms with van der Waals surface area (Å²) >= 11 is 9.47. The fraction of sp³-hybridized carbons (Fsp3) is 0.208. The first-order valence-corrected chi connectivity index (χ1v) is 12.7. The van der Waals surface area contributed by atoms with Gasteiger partial charge in [0.05, 0.1) is 19.7 Å². The molecule has 3 aromatic carbocycles. The van der Waals surface area contributed by atoms with Crippen LogP contribution in [0.2, 0.25) is 5.02 Å². The van der Waals surface area contributed by atoms with Crippen LogP contribution < -0.4 is 10.1 Å². The van der Waals surface area contributed by atoms with Gasteiger partial charge in [-0.15, -0.1) is 0 Å². The minimum absolute atomic E-state index is 0.0128. The zero-order valence-corrected chi connectivity index (χ0v) is 21.3. The second-order valence-electron chi connectivity index (χ2n) is 7.39. The Morgan fingerprint density at radius 2 is 1.76 bits per heavy atom. The molecule has 0 radical (unpaired) electrons. The third-order valence-corrected chi connectivity index (χ3v) is 7.59. The number of hydrogen-bond donors (Lipinski definition) is 1. The van der Waals surface area contributed by atoms with Gasteiger partial charge in [0.15, 0.2) is 0 Å². The zero-order chi connectivity index (χ0) is 24.0. The standard InChI is InChI=1S/C24H24BrClN2O4S/c1-17(19-8-10-20(25)11-9-19)27-24(29)16-28(15-18-6-4-3-5-7-18)33(30,31)23-14-21(26)12-13-22(23)32-2/h3-14,17H,15-16H2,1-2H3,(H,27,29)/t17-/m0/s1. The van der Waals surface area contributed by atoms with E-state index < -0.39 is 15.9 Å². The Hall–Kier alpha value is -2.39. The van der Waals surface area contributed by atoms with Crippen molar-refractivity contribution in [3.8, 4) is 5.75 Å². The van der Waals surface area contributed by atoms with Crippen LogP contribution in [0.15, 0.2) is 82.2 Å². The highest BCUT2D eigenvalue weighted by molar-refractivity contribution is 9.10. The number of nitrogens with zero attached hydrogens (tertiary/aromatic N) is 1. The summed E-state index contributed by atoms with van der Waals surface area (Å²) in [5.41, 5.74) is 1.65. The highest BCUT2D eigenvalue weighted by atomic mass is 79.9. The van der Waals surface area contributed by atoms with E-state index in [2.05, 4.69) is 21.2 Å². The minimum atomic E-state index is -4.11. The largest absolute Gasteiger partial charge is 0.495 e. The SMILES string of the molecule is COc1ccc(Cl)cc1S(=O)(=O)N(CC(=O)N[C@@H](C)c1ccc(Br)cc1)Cc1ccccc1. The lowest BCUT2D eigenvalue weighted by Crippen LogP contribution is -2.41. The summed E-state index contributed by atoms with van der Waals surface area (Å²) in [6, 6.07) is 20.7. The summed E-state index contributed by atoms with van der Waals surface area (Å²) in [6.45, 7) is 1.49. The normalized spacial score (nSPS) is 12.4. The molecule has 6 nitrogen and oxygen atoms in total. The number of nitrogens with one attached hydrogen (secondary N) is 1. The summed E-state index contributed by atoms with van der Waals surface area (Å²) in [5, 5.41) is 3.13. The summed E-state index contributed by atoms with van der Waals surface area (Å²) in [5.74, 6) is -0.271. The van der Waals surface area contributed by atoms with E-state index in [1.165, 1.54) is 19.2 Å². The van der Waals surface area contributed by atoms with Crippen molar-refractivity contribution in [1.82, 2.24) is 9.62 Å². The molecular formula is C24H24BrClN2O4S. The average molecular weight is 552 g/mol. The minimum Gasteiger partial charge on any atom is -0.495 e. The van der Waals surface area contributed by atoms with Crippen molar-refractivity contribution in [1.29, 1.82) is 0 Å². The molecule has 0 fully saturated rings. The number of halogens is 2. The second kappa shape index (κ2) is 11.2. The second-order valence-corrected chi connectivity index (χ2v) is 10.7. The average Bonchev–Trinajstić information content (AvgIpc) is 2.79. The topological polar surface area (TPSA) is 75.7 Å². The molecule has 0 saturated heterocycles. The van der Waals surface area contributed by atoms with Crippen LogP contribution in [0.5, 0.6) is 5.75 Å². The number of benzene rings is 3. The van der Waals surface area contributed by atoms with Crippen LogP contribution in [-0.2, 0) is 21.4 Å². The van der Waals surface area contributed by atoms with Crippen molar-refractivity contribution in [3.05, 3.63) is 93.4 Å². The quantitative estimate of drug-likeness (QED) is 0.398. The Balaban J connectivity index is 1.89. The zero-order valence-electron chi connectivity index (χ0n) is 18.2. The number of ether oxygens (including phenoxy) is 1. The van der Waals surface area contributed by atoms with E-state index in [1.807, 2.05) is 49.4 Å². The fourth-order valence-corrected chi connectivity index (χ4v) is 5.35. The molecule has 0 aliphatic rings. The lowest BCUT2D eigenvalue weighted by Gasteiger charge is -2.24. The van der Waals surface area contributed by atoms with Crippen molar-refractivity contribution in [2.45, 2.75) is 24.4 Å². The van der Waals surface area contributed by atoms with Gasteiger partial charge in [-0.2, -0.15) is 4.31 Å². The molecule has 33 heavy (non-hydrogen) atoms. The molecule has 0 aromatic heterocycles. The van der Waals surface area contributed by atoms with E-state index in [1.54, 1.807) is 18.2 Å². The Morgan fingerprint density at radius 1 is 1.09 bits per heavy atom. The molecule has 3 aromatic rings. The van der Waals surface area contributed by atoms with E-state index in [4.69, 9.17) is 16.3 Å². The first-order valence-electron chi connectivity index (χ1n) is 10.1. The van der Waals surface area contributed by atoms with Gasteiger partial charge < -0.3 is 10.1 Å². The van der Waals surface area contributed by atoms with Crippen LogP contribution in [0.3, 0.4) is 0 Å². The molecule has 3 rings (SSSR count). The maximum Gasteiger partial charge on any atom is 0.247 e. The van der Waals surface area contributed by atoms with Crippen LogP contribution >= 0.6 is 27.5 Å². The van der Waals surface area contributed by atoms with Gasteiger partial charge in [0.25, 0.3) is 0 Å². The molecule has 0 bridgehead atoms. The first-order chi connectivity index (χ1) is 15.7. The number of amides is 1. The molecule has 1 N–H and O–H groups in total. The molecule has 1 amide bonds. The number of carbonyl (C=O) groups is 1. The lowest BCUT2D eigenvalue weighted by molar-refractivity contribution is -0.122. The Labute approximate surface area is 207 Å². The van der Waals surface area contributed by atoms with Crippen molar-refractivity contribution in [2.24, 2.45) is 0 Å². The Bertz CT molecular complexity index is 1200. The van der Waals surface area contributed by atoms with Gasteiger partial charge >= 0.3 is 0 Å². The fourth-order valence-electron chi connectivity index (χ4n) is 3.29. The first kappa shape index (κ1) is 25.2. The Kier molecular flexibility index (Phi) is 8.53. The predicted molar refractivity (Wildman–Crippen MR) is 133 cm³/mol. The van der Waals surface area contributed by atoms with Gasteiger partial charge in [0, 0.05) is 16.0 Å². The summed E-state index contributed by atoms with van der Waals surface area (Å²) in [4.78, 5) is 12.8. The molecule has 0 unspecified atom stereocenters. The molecule has 0 spiro atoms. The molecular weight excluding hydrogens is 528 g/mol. The third kappa shape index (κ3) is 6.57.